The Morgan fingerprint density at radius 1 is 1.20 bits per heavy atom. The highest BCUT2D eigenvalue weighted by Gasteiger charge is 2.30. The lowest BCUT2D eigenvalue weighted by atomic mass is 9.89. The summed E-state index contributed by atoms with van der Waals surface area (Å²) in [4.78, 5) is 25.7. The van der Waals surface area contributed by atoms with Crippen LogP contribution in [0.5, 0.6) is 0 Å². The van der Waals surface area contributed by atoms with Crippen molar-refractivity contribution in [3.8, 4) is 0 Å². The number of rotatable bonds is 6. The maximum atomic E-state index is 12.6. The smallest absolute Gasteiger partial charge is 0.312 e. The lowest BCUT2D eigenvalue weighted by molar-refractivity contribution is -0.135. The Balaban J connectivity index is 1.80. The molecule has 0 radical (unpaired) electrons. The van der Waals surface area contributed by atoms with Gasteiger partial charge >= 0.3 is 6.03 Å². The van der Waals surface area contributed by atoms with Gasteiger partial charge in [-0.2, -0.15) is 0 Å². The van der Waals surface area contributed by atoms with Crippen LogP contribution in [-0.2, 0) is 11.2 Å². The number of nitrogens with two attached hydrogens (primary N) is 1. The molecule has 2 rings (SSSR count). The van der Waals surface area contributed by atoms with Crippen molar-refractivity contribution >= 4 is 11.9 Å². The van der Waals surface area contributed by atoms with Crippen molar-refractivity contribution in [2.45, 2.75) is 52.5 Å². The monoisotopic (exact) mass is 345 g/mol. The van der Waals surface area contributed by atoms with Gasteiger partial charge in [-0.05, 0) is 50.0 Å². The minimum Gasteiger partial charge on any atom is -0.352 e. The first-order valence-electron chi connectivity index (χ1n) is 9.27. The van der Waals surface area contributed by atoms with Crippen LogP contribution < -0.4 is 11.1 Å². The van der Waals surface area contributed by atoms with E-state index in [2.05, 4.69) is 36.5 Å². The molecule has 0 spiro atoms. The molecule has 1 aliphatic heterocycles. The Morgan fingerprint density at radius 3 is 2.32 bits per heavy atom. The number of carbonyl (C=O) groups is 2. The number of hydrogen-bond acceptors (Lipinski definition) is 2. The molecule has 1 aromatic rings. The summed E-state index contributed by atoms with van der Waals surface area (Å²) >= 11 is 0. The molecule has 0 unspecified atom stereocenters. The molecule has 0 saturated carbocycles. The number of urea groups is 1. The Hall–Kier alpha value is -2.04. The Bertz CT molecular complexity index is 575. The number of nitrogens with one attached hydrogen (secondary N) is 1. The summed E-state index contributed by atoms with van der Waals surface area (Å²) in [5, 5.41) is 2.59. The predicted octanol–water partition coefficient (Wildman–Crippen LogP) is 2.86. The number of aryl methyl sites for hydroxylation is 2. The second-order valence-corrected chi connectivity index (χ2v) is 7.52. The molecule has 0 aromatic heterocycles. The van der Waals surface area contributed by atoms with E-state index in [1.165, 1.54) is 11.1 Å². The molecule has 1 fully saturated rings. The Morgan fingerprint density at radius 2 is 1.80 bits per heavy atom. The molecule has 5 heteroatoms. The molecule has 3 N–H and O–H groups in total. The van der Waals surface area contributed by atoms with Crippen molar-refractivity contribution in [1.82, 2.24) is 10.2 Å². The summed E-state index contributed by atoms with van der Waals surface area (Å²) in [5.41, 5.74) is 7.88. The van der Waals surface area contributed by atoms with E-state index in [9.17, 15) is 9.59 Å². The summed E-state index contributed by atoms with van der Waals surface area (Å²) in [6.45, 7) is 7.48. The largest absolute Gasteiger partial charge is 0.352 e. The van der Waals surface area contributed by atoms with E-state index in [1.807, 2.05) is 18.7 Å². The first-order chi connectivity index (χ1) is 11.9. The average molecular weight is 345 g/mol. The molecule has 1 saturated heterocycles. The molecule has 0 aliphatic carbocycles. The van der Waals surface area contributed by atoms with E-state index in [1.54, 1.807) is 0 Å². The number of hydrogen-bond donors (Lipinski definition) is 2. The number of carbonyl (C=O) groups excluding carboxylic acids is 2. The van der Waals surface area contributed by atoms with Gasteiger partial charge in [0.15, 0.2) is 0 Å². The zero-order valence-corrected chi connectivity index (χ0v) is 15.6. The van der Waals surface area contributed by atoms with Crippen LogP contribution in [-0.4, -0.2) is 36.0 Å². The predicted molar refractivity (Wildman–Crippen MR) is 100 cm³/mol. The molecular formula is C20H31N3O2. The molecule has 5 nitrogen and oxygen atoms in total. The zero-order chi connectivity index (χ0) is 18.4. The minimum absolute atomic E-state index is 0.00853. The first-order valence-corrected chi connectivity index (χ1v) is 9.27. The highest BCUT2D eigenvalue weighted by Crippen LogP contribution is 2.23. The number of piperidine rings is 1. The number of benzene rings is 1. The summed E-state index contributed by atoms with van der Waals surface area (Å²) < 4.78 is 0. The lowest BCUT2D eigenvalue weighted by Crippen LogP contribution is -2.54. The SMILES string of the molecule is Cc1ccc(CCC2CCN(C(=O)[C@@H](NC(N)=O)C(C)C)CC2)cc1. The van der Waals surface area contributed by atoms with Crippen molar-refractivity contribution < 1.29 is 9.59 Å². The summed E-state index contributed by atoms with van der Waals surface area (Å²) in [6, 6.07) is 7.57. The maximum Gasteiger partial charge on any atom is 0.312 e. The van der Waals surface area contributed by atoms with Crippen LogP contribution in [0.4, 0.5) is 4.79 Å². The standard InChI is InChI=1S/C20H31N3O2/c1-14(2)18(22-20(21)25)19(24)23-12-10-17(11-13-23)9-8-16-6-4-15(3)5-7-16/h4-7,14,17-18H,8-13H2,1-3H3,(H3,21,22,25)/t18-/m0/s1. The van der Waals surface area contributed by atoms with Crippen LogP contribution in [0.25, 0.3) is 0 Å². The van der Waals surface area contributed by atoms with E-state index in [-0.39, 0.29) is 11.8 Å². The second kappa shape index (κ2) is 8.88. The molecule has 1 aromatic carbocycles. The van der Waals surface area contributed by atoms with Crippen molar-refractivity contribution in [2.75, 3.05) is 13.1 Å². The minimum atomic E-state index is -0.639. The van der Waals surface area contributed by atoms with E-state index >= 15 is 0 Å². The third-order valence-electron chi connectivity index (χ3n) is 5.12. The quantitative estimate of drug-likeness (QED) is 0.832. The maximum absolute atomic E-state index is 12.6. The number of primary amides is 1. The van der Waals surface area contributed by atoms with Crippen molar-refractivity contribution in [2.24, 2.45) is 17.6 Å². The molecule has 1 heterocycles. The highest BCUT2D eigenvalue weighted by molar-refractivity contribution is 5.86. The fourth-order valence-corrected chi connectivity index (χ4v) is 3.43. The third kappa shape index (κ3) is 5.76. The molecule has 138 valence electrons. The summed E-state index contributed by atoms with van der Waals surface area (Å²) in [6.07, 6.45) is 4.31. The van der Waals surface area contributed by atoms with Crippen molar-refractivity contribution in [1.29, 1.82) is 0 Å². The topological polar surface area (TPSA) is 75.4 Å². The van der Waals surface area contributed by atoms with Gasteiger partial charge in [-0.15, -0.1) is 0 Å². The van der Waals surface area contributed by atoms with Crippen molar-refractivity contribution in [3.63, 3.8) is 0 Å². The molecular weight excluding hydrogens is 314 g/mol. The van der Waals surface area contributed by atoms with Crippen LogP contribution in [0.2, 0.25) is 0 Å². The Kier molecular flexibility index (Phi) is 6.85. The van der Waals surface area contributed by atoms with Crippen LogP contribution in [0.3, 0.4) is 0 Å². The summed E-state index contributed by atoms with van der Waals surface area (Å²) in [7, 11) is 0. The van der Waals surface area contributed by atoms with Crippen LogP contribution in [0, 0.1) is 18.8 Å². The van der Waals surface area contributed by atoms with Crippen LogP contribution >= 0.6 is 0 Å². The van der Waals surface area contributed by atoms with Crippen LogP contribution in [0.15, 0.2) is 24.3 Å². The summed E-state index contributed by atoms with van der Waals surface area (Å²) in [5.74, 6) is 0.678. The normalized spacial score (nSPS) is 16.7. The third-order valence-corrected chi connectivity index (χ3v) is 5.12. The van der Waals surface area contributed by atoms with Gasteiger partial charge in [0, 0.05) is 13.1 Å². The van der Waals surface area contributed by atoms with E-state index in [0.717, 1.165) is 38.8 Å². The van der Waals surface area contributed by atoms with E-state index in [0.29, 0.717) is 5.92 Å². The van der Waals surface area contributed by atoms with Gasteiger partial charge in [-0.25, -0.2) is 4.79 Å². The second-order valence-electron chi connectivity index (χ2n) is 7.52. The van der Waals surface area contributed by atoms with Crippen molar-refractivity contribution in [3.05, 3.63) is 35.4 Å². The highest BCUT2D eigenvalue weighted by atomic mass is 16.2. The van der Waals surface area contributed by atoms with Gasteiger partial charge < -0.3 is 16.0 Å². The van der Waals surface area contributed by atoms with E-state index < -0.39 is 12.1 Å². The fourth-order valence-electron chi connectivity index (χ4n) is 3.43. The molecule has 1 atom stereocenters. The first kappa shape index (κ1) is 19.3. The van der Waals surface area contributed by atoms with Gasteiger partial charge in [0.1, 0.15) is 6.04 Å². The van der Waals surface area contributed by atoms with Gasteiger partial charge in [0.25, 0.3) is 0 Å². The van der Waals surface area contributed by atoms with Gasteiger partial charge in [0.05, 0.1) is 0 Å². The molecule has 1 aliphatic rings. The van der Waals surface area contributed by atoms with Gasteiger partial charge in [-0.1, -0.05) is 43.7 Å². The van der Waals surface area contributed by atoms with E-state index in [4.69, 9.17) is 5.73 Å². The number of likely N-dealkylation sites (tertiary alicyclic amines) is 1. The zero-order valence-electron chi connectivity index (χ0n) is 15.6. The lowest BCUT2D eigenvalue weighted by Gasteiger charge is -2.35. The molecule has 3 amide bonds. The van der Waals surface area contributed by atoms with Gasteiger partial charge in [0.2, 0.25) is 5.91 Å². The number of amides is 3. The fraction of sp³-hybridized carbons (Fsp3) is 0.600. The van der Waals surface area contributed by atoms with Crippen LogP contribution in [0.1, 0.15) is 44.2 Å². The number of nitrogens with zero attached hydrogens (tertiary/aromatic N) is 1. The average Bonchev–Trinajstić information content (AvgIpc) is 2.59. The Labute approximate surface area is 151 Å². The molecule has 0 bridgehead atoms. The molecule has 25 heavy (non-hydrogen) atoms. The van der Waals surface area contributed by atoms with Gasteiger partial charge in [-0.3, -0.25) is 4.79 Å².